The Hall–Kier alpha value is -1.95. The third kappa shape index (κ3) is 3.14. The van der Waals surface area contributed by atoms with Crippen LogP contribution >= 0.6 is 15.9 Å². The Bertz CT molecular complexity index is 632. The predicted molar refractivity (Wildman–Crippen MR) is 79.2 cm³/mol. The lowest BCUT2D eigenvalue weighted by Crippen LogP contribution is -2.09. The van der Waals surface area contributed by atoms with Gasteiger partial charge in [-0.2, -0.15) is 0 Å². The molecule has 1 atom stereocenters. The molecule has 0 heterocycles. The van der Waals surface area contributed by atoms with E-state index in [1.807, 2.05) is 31.2 Å². The van der Waals surface area contributed by atoms with Crippen LogP contribution in [0.3, 0.4) is 0 Å². The van der Waals surface area contributed by atoms with Gasteiger partial charge in [0.1, 0.15) is 5.69 Å². The molecule has 2 aromatic carbocycles. The molecule has 0 aliphatic heterocycles. The molecule has 0 amide bonds. The largest absolute Gasteiger partial charge is 0.371 e. The molecular weight excluding hydrogens is 327 g/mol. The molecule has 0 saturated carbocycles. The molecule has 4 nitrogen and oxygen atoms in total. The molecule has 0 spiro atoms. The molecule has 6 heteroatoms. The number of anilines is 1. The van der Waals surface area contributed by atoms with Crippen LogP contribution in [0.15, 0.2) is 46.9 Å². The van der Waals surface area contributed by atoms with E-state index in [1.54, 1.807) is 0 Å². The van der Waals surface area contributed by atoms with Gasteiger partial charge < -0.3 is 5.32 Å². The fourth-order valence-electron chi connectivity index (χ4n) is 1.86. The number of nitro benzene ring substituents is 1. The molecular formula is C14H12BrFN2O2. The SMILES string of the molecule is CC(Nc1c(F)cccc1[N+](=O)[O-])c1ccc(Br)cc1. The van der Waals surface area contributed by atoms with E-state index in [4.69, 9.17) is 0 Å². The maximum Gasteiger partial charge on any atom is 0.295 e. The Morgan fingerprint density at radius 1 is 1.25 bits per heavy atom. The van der Waals surface area contributed by atoms with Crippen molar-refractivity contribution >= 4 is 27.3 Å². The van der Waals surface area contributed by atoms with Crippen molar-refractivity contribution in [1.29, 1.82) is 0 Å². The number of benzene rings is 2. The fraction of sp³-hybridized carbons (Fsp3) is 0.143. The van der Waals surface area contributed by atoms with Crippen LogP contribution in [0.4, 0.5) is 15.8 Å². The number of para-hydroxylation sites is 1. The lowest BCUT2D eigenvalue weighted by molar-refractivity contribution is -0.384. The van der Waals surface area contributed by atoms with Crippen LogP contribution < -0.4 is 5.32 Å². The molecule has 1 unspecified atom stereocenters. The van der Waals surface area contributed by atoms with Gasteiger partial charge in [-0.1, -0.05) is 34.1 Å². The van der Waals surface area contributed by atoms with Crippen molar-refractivity contribution in [2.45, 2.75) is 13.0 Å². The zero-order chi connectivity index (χ0) is 14.7. The number of nitro groups is 1. The summed E-state index contributed by atoms with van der Waals surface area (Å²) in [6.07, 6.45) is 0. The second-order valence-corrected chi connectivity index (χ2v) is 5.22. The van der Waals surface area contributed by atoms with Crippen molar-refractivity contribution < 1.29 is 9.31 Å². The first-order valence-electron chi connectivity index (χ1n) is 5.94. The number of nitrogens with one attached hydrogen (secondary N) is 1. The highest BCUT2D eigenvalue weighted by molar-refractivity contribution is 9.10. The van der Waals surface area contributed by atoms with Crippen molar-refractivity contribution in [3.63, 3.8) is 0 Å². The van der Waals surface area contributed by atoms with E-state index in [1.165, 1.54) is 18.2 Å². The van der Waals surface area contributed by atoms with E-state index < -0.39 is 10.7 Å². The minimum Gasteiger partial charge on any atom is -0.371 e. The van der Waals surface area contributed by atoms with Crippen LogP contribution in [0, 0.1) is 15.9 Å². The van der Waals surface area contributed by atoms with Crippen LogP contribution in [0.5, 0.6) is 0 Å². The molecule has 1 N–H and O–H groups in total. The van der Waals surface area contributed by atoms with Gasteiger partial charge in [-0.05, 0) is 30.7 Å². The van der Waals surface area contributed by atoms with Crippen LogP contribution in [0.1, 0.15) is 18.5 Å². The van der Waals surface area contributed by atoms with Gasteiger partial charge in [-0.25, -0.2) is 4.39 Å². The fourth-order valence-corrected chi connectivity index (χ4v) is 2.12. The van der Waals surface area contributed by atoms with Crippen molar-refractivity contribution in [3.05, 3.63) is 68.4 Å². The van der Waals surface area contributed by atoms with Gasteiger partial charge in [0, 0.05) is 16.6 Å². The maximum atomic E-state index is 13.8. The average Bonchev–Trinajstić information content (AvgIpc) is 2.41. The molecule has 104 valence electrons. The van der Waals surface area contributed by atoms with E-state index in [9.17, 15) is 14.5 Å². The lowest BCUT2D eigenvalue weighted by atomic mass is 10.1. The first-order chi connectivity index (χ1) is 9.49. The summed E-state index contributed by atoms with van der Waals surface area (Å²) in [6, 6.07) is 11.0. The molecule has 0 radical (unpaired) electrons. The molecule has 0 bridgehead atoms. The Balaban J connectivity index is 2.30. The zero-order valence-electron chi connectivity index (χ0n) is 10.6. The minimum absolute atomic E-state index is 0.0899. The van der Waals surface area contributed by atoms with Gasteiger partial charge >= 0.3 is 0 Å². The summed E-state index contributed by atoms with van der Waals surface area (Å²) < 4.78 is 14.7. The summed E-state index contributed by atoms with van der Waals surface area (Å²) in [6.45, 7) is 1.82. The number of hydrogen-bond donors (Lipinski definition) is 1. The molecule has 20 heavy (non-hydrogen) atoms. The van der Waals surface area contributed by atoms with Gasteiger partial charge in [0.25, 0.3) is 5.69 Å². The number of nitrogens with zero attached hydrogens (tertiary/aromatic N) is 1. The second-order valence-electron chi connectivity index (χ2n) is 4.31. The van der Waals surface area contributed by atoms with E-state index >= 15 is 0 Å². The first kappa shape index (κ1) is 14.5. The minimum atomic E-state index is -0.636. The van der Waals surface area contributed by atoms with Crippen molar-refractivity contribution in [2.75, 3.05) is 5.32 Å². The standard InChI is InChI=1S/C14H12BrFN2O2/c1-9(10-5-7-11(15)8-6-10)17-14-12(16)3-2-4-13(14)18(19)20/h2-9,17H,1H3. The van der Waals surface area contributed by atoms with Crippen molar-refractivity contribution in [1.82, 2.24) is 0 Å². The summed E-state index contributed by atoms with van der Waals surface area (Å²) in [5, 5.41) is 13.8. The molecule has 0 fully saturated rings. The Labute approximate surface area is 123 Å². The van der Waals surface area contributed by atoms with E-state index in [0.29, 0.717) is 0 Å². The average molecular weight is 339 g/mol. The monoisotopic (exact) mass is 338 g/mol. The summed E-state index contributed by atoms with van der Waals surface area (Å²) in [5.41, 5.74) is 0.549. The van der Waals surface area contributed by atoms with Crippen molar-refractivity contribution in [3.8, 4) is 0 Å². The number of halogens is 2. The summed E-state index contributed by atoms with van der Waals surface area (Å²) in [5.74, 6) is -0.636. The van der Waals surface area contributed by atoms with Crippen LogP contribution in [0.2, 0.25) is 0 Å². The van der Waals surface area contributed by atoms with Gasteiger partial charge in [0.2, 0.25) is 0 Å². The number of hydrogen-bond acceptors (Lipinski definition) is 3. The van der Waals surface area contributed by atoms with Crippen LogP contribution in [-0.4, -0.2) is 4.92 Å². The summed E-state index contributed by atoms with van der Waals surface area (Å²) >= 11 is 3.33. The van der Waals surface area contributed by atoms with Crippen molar-refractivity contribution in [2.24, 2.45) is 0 Å². The molecule has 2 rings (SSSR count). The Kier molecular flexibility index (Phi) is 4.34. The molecule has 0 aliphatic rings. The van der Waals surface area contributed by atoms with Gasteiger partial charge in [0.05, 0.1) is 4.92 Å². The third-order valence-electron chi connectivity index (χ3n) is 2.92. The lowest BCUT2D eigenvalue weighted by Gasteiger charge is -2.16. The first-order valence-corrected chi connectivity index (χ1v) is 6.73. The van der Waals surface area contributed by atoms with Crippen LogP contribution in [-0.2, 0) is 0 Å². The quantitative estimate of drug-likeness (QED) is 0.651. The summed E-state index contributed by atoms with van der Waals surface area (Å²) in [4.78, 5) is 10.3. The summed E-state index contributed by atoms with van der Waals surface area (Å²) in [7, 11) is 0. The highest BCUT2D eigenvalue weighted by Gasteiger charge is 2.19. The highest BCUT2D eigenvalue weighted by Crippen LogP contribution is 2.30. The Morgan fingerprint density at radius 2 is 1.90 bits per heavy atom. The topological polar surface area (TPSA) is 55.2 Å². The second kappa shape index (κ2) is 6.00. The van der Waals surface area contributed by atoms with E-state index in [-0.39, 0.29) is 17.4 Å². The smallest absolute Gasteiger partial charge is 0.295 e. The van der Waals surface area contributed by atoms with Gasteiger partial charge in [0.15, 0.2) is 5.82 Å². The Morgan fingerprint density at radius 3 is 2.50 bits per heavy atom. The van der Waals surface area contributed by atoms with Crippen LogP contribution in [0.25, 0.3) is 0 Å². The van der Waals surface area contributed by atoms with E-state index in [0.717, 1.165) is 10.0 Å². The molecule has 2 aromatic rings. The molecule has 0 saturated heterocycles. The predicted octanol–water partition coefficient (Wildman–Crippen LogP) is 4.67. The van der Waals surface area contributed by atoms with E-state index in [2.05, 4.69) is 21.2 Å². The third-order valence-corrected chi connectivity index (χ3v) is 3.45. The normalized spacial score (nSPS) is 11.9. The molecule has 0 aliphatic carbocycles. The highest BCUT2D eigenvalue weighted by atomic mass is 79.9. The number of rotatable bonds is 4. The van der Waals surface area contributed by atoms with Gasteiger partial charge in [-0.15, -0.1) is 0 Å². The zero-order valence-corrected chi connectivity index (χ0v) is 12.2. The maximum absolute atomic E-state index is 13.8. The van der Waals surface area contributed by atoms with Gasteiger partial charge in [-0.3, -0.25) is 10.1 Å². The molecule has 0 aromatic heterocycles.